The number of benzene rings is 1. The average molecular weight is 384 g/mol. The van der Waals surface area contributed by atoms with E-state index in [0.29, 0.717) is 25.9 Å². The molecule has 4 amide bonds. The fourth-order valence-corrected chi connectivity index (χ4v) is 4.56. The van der Waals surface area contributed by atoms with Crippen molar-refractivity contribution in [2.45, 2.75) is 44.7 Å². The van der Waals surface area contributed by atoms with E-state index >= 15 is 0 Å². The summed E-state index contributed by atoms with van der Waals surface area (Å²) in [6.45, 7) is 5.69. The zero-order valence-electron chi connectivity index (χ0n) is 16.4. The van der Waals surface area contributed by atoms with E-state index in [1.165, 1.54) is 11.1 Å². The van der Waals surface area contributed by atoms with Gasteiger partial charge in [0.2, 0.25) is 5.91 Å². The van der Waals surface area contributed by atoms with Crippen molar-refractivity contribution in [1.29, 1.82) is 0 Å². The van der Waals surface area contributed by atoms with Crippen LogP contribution in [0.25, 0.3) is 0 Å². The van der Waals surface area contributed by atoms with Crippen molar-refractivity contribution in [2.75, 3.05) is 32.7 Å². The molecule has 2 heterocycles. The lowest BCUT2D eigenvalue weighted by Gasteiger charge is -2.35. The van der Waals surface area contributed by atoms with Gasteiger partial charge in [-0.25, -0.2) is 4.79 Å². The second kappa shape index (κ2) is 7.54. The van der Waals surface area contributed by atoms with Crippen LogP contribution >= 0.6 is 0 Å². The maximum Gasteiger partial charge on any atom is 0.325 e. The van der Waals surface area contributed by atoms with Gasteiger partial charge in [0.25, 0.3) is 5.91 Å². The normalized spacial score (nSPS) is 22.2. The number of urea groups is 1. The summed E-state index contributed by atoms with van der Waals surface area (Å²) in [6.07, 6.45) is 3.24. The molecule has 0 bridgehead atoms. The summed E-state index contributed by atoms with van der Waals surface area (Å²) in [6, 6.07) is 7.93. The molecule has 0 atom stereocenters. The Kier molecular flexibility index (Phi) is 5.10. The van der Waals surface area contributed by atoms with Gasteiger partial charge in [-0.3, -0.25) is 19.4 Å². The van der Waals surface area contributed by atoms with Gasteiger partial charge in [0.1, 0.15) is 12.1 Å². The molecule has 4 rings (SSSR count). The van der Waals surface area contributed by atoms with E-state index in [1.807, 2.05) is 6.07 Å². The minimum Gasteiger partial charge on any atom is -0.339 e. The highest BCUT2D eigenvalue weighted by Gasteiger charge is 2.52. The van der Waals surface area contributed by atoms with E-state index in [4.69, 9.17) is 0 Å². The van der Waals surface area contributed by atoms with Crippen LogP contribution in [0.3, 0.4) is 0 Å². The molecule has 1 aromatic carbocycles. The van der Waals surface area contributed by atoms with Crippen molar-refractivity contribution in [3.63, 3.8) is 0 Å². The topological polar surface area (TPSA) is 73.0 Å². The van der Waals surface area contributed by atoms with Gasteiger partial charge < -0.3 is 10.2 Å². The van der Waals surface area contributed by atoms with E-state index in [-0.39, 0.29) is 18.4 Å². The predicted molar refractivity (Wildman–Crippen MR) is 104 cm³/mol. The number of aryl methyl sites for hydroxylation is 1. The molecule has 0 unspecified atom stereocenters. The van der Waals surface area contributed by atoms with Gasteiger partial charge in [0, 0.05) is 32.7 Å². The lowest BCUT2D eigenvalue weighted by Crippen LogP contribution is -2.52. The minimum absolute atomic E-state index is 0.144. The van der Waals surface area contributed by atoms with Crippen molar-refractivity contribution in [3.05, 3.63) is 35.4 Å². The van der Waals surface area contributed by atoms with Gasteiger partial charge >= 0.3 is 6.03 Å². The Morgan fingerprint density at radius 1 is 1.07 bits per heavy atom. The average Bonchev–Trinajstić information content (AvgIpc) is 3.25. The van der Waals surface area contributed by atoms with Gasteiger partial charge in [0.05, 0.1) is 0 Å². The van der Waals surface area contributed by atoms with Crippen LogP contribution in [0.4, 0.5) is 4.79 Å². The quantitative estimate of drug-likeness (QED) is 0.799. The number of hydrogen-bond donors (Lipinski definition) is 1. The minimum atomic E-state index is -0.746. The van der Waals surface area contributed by atoms with E-state index < -0.39 is 11.6 Å². The molecule has 1 spiro atoms. The smallest absolute Gasteiger partial charge is 0.325 e. The molecule has 3 fully saturated rings. The highest BCUT2D eigenvalue weighted by Crippen LogP contribution is 2.35. The third kappa shape index (κ3) is 3.51. The Morgan fingerprint density at radius 3 is 2.43 bits per heavy atom. The van der Waals surface area contributed by atoms with Crippen LogP contribution in [0.1, 0.15) is 36.8 Å². The number of piperazine rings is 1. The molecule has 1 aromatic rings. The second-order valence-electron chi connectivity index (χ2n) is 8.19. The number of carbonyl (C=O) groups excluding carboxylic acids is 3. The fourth-order valence-electron chi connectivity index (χ4n) is 4.56. The highest BCUT2D eigenvalue weighted by molar-refractivity contribution is 6.09. The van der Waals surface area contributed by atoms with Crippen LogP contribution in [-0.4, -0.2) is 70.8 Å². The molecule has 1 saturated carbocycles. The van der Waals surface area contributed by atoms with Gasteiger partial charge in [-0.2, -0.15) is 0 Å². The van der Waals surface area contributed by atoms with Gasteiger partial charge in [-0.05, 0) is 30.9 Å². The fraction of sp³-hybridized carbons (Fsp3) is 0.571. The predicted octanol–water partition coefficient (Wildman–Crippen LogP) is 1.50. The number of hydrogen-bond acceptors (Lipinski definition) is 4. The SMILES string of the molecule is Cc1ccccc1CN1CCN(C(=O)CN2C(=O)NC3(CCCC3)C2=O)CC1. The number of carbonyl (C=O) groups is 3. The number of rotatable bonds is 4. The Bertz CT molecular complexity index is 780. The molecule has 150 valence electrons. The van der Waals surface area contributed by atoms with Crippen molar-refractivity contribution < 1.29 is 14.4 Å². The van der Waals surface area contributed by atoms with Crippen LogP contribution in [0, 0.1) is 6.92 Å². The third-order valence-electron chi connectivity index (χ3n) is 6.38. The third-order valence-corrected chi connectivity index (χ3v) is 6.38. The Labute approximate surface area is 165 Å². The molecule has 2 saturated heterocycles. The summed E-state index contributed by atoms with van der Waals surface area (Å²) in [7, 11) is 0. The van der Waals surface area contributed by atoms with Crippen molar-refractivity contribution >= 4 is 17.8 Å². The van der Waals surface area contributed by atoms with Crippen LogP contribution in [-0.2, 0) is 16.1 Å². The Balaban J connectivity index is 1.30. The standard InChI is InChI=1S/C21H28N4O3/c1-16-6-2-3-7-17(16)14-23-10-12-24(13-11-23)18(26)15-25-19(27)21(22-20(25)28)8-4-5-9-21/h2-3,6-7H,4-5,8-15H2,1H3,(H,22,28). The molecule has 1 N–H and O–H groups in total. The first kappa shape index (κ1) is 18.9. The van der Waals surface area contributed by atoms with E-state index in [9.17, 15) is 14.4 Å². The zero-order chi connectivity index (χ0) is 19.7. The van der Waals surface area contributed by atoms with E-state index in [0.717, 1.165) is 37.4 Å². The van der Waals surface area contributed by atoms with Crippen molar-refractivity contribution in [1.82, 2.24) is 20.0 Å². The van der Waals surface area contributed by atoms with Crippen LogP contribution in [0.5, 0.6) is 0 Å². The lowest BCUT2D eigenvalue weighted by atomic mass is 9.98. The number of imide groups is 1. The van der Waals surface area contributed by atoms with Crippen LogP contribution < -0.4 is 5.32 Å². The molecular weight excluding hydrogens is 356 g/mol. The first-order valence-electron chi connectivity index (χ1n) is 10.2. The first-order chi connectivity index (χ1) is 13.5. The number of amides is 4. The Hall–Kier alpha value is -2.41. The largest absolute Gasteiger partial charge is 0.339 e. The van der Waals surface area contributed by atoms with Gasteiger partial charge in [-0.1, -0.05) is 37.1 Å². The van der Waals surface area contributed by atoms with Crippen LogP contribution in [0.2, 0.25) is 0 Å². The lowest BCUT2D eigenvalue weighted by molar-refractivity contribution is -0.140. The molecule has 0 aromatic heterocycles. The highest BCUT2D eigenvalue weighted by atomic mass is 16.2. The summed E-state index contributed by atoms with van der Waals surface area (Å²) < 4.78 is 0. The summed E-state index contributed by atoms with van der Waals surface area (Å²) in [5, 5.41) is 2.84. The summed E-state index contributed by atoms with van der Waals surface area (Å²) in [5.74, 6) is -0.365. The molecule has 3 aliphatic rings. The summed E-state index contributed by atoms with van der Waals surface area (Å²) in [4.78, 5) is 42.9. The molecule has 7 nitrogen and oxygen atoms in total. The zero-order valence-corrected chi connectivity index (χ0v) is 16.4. The van der Waals surface area contributed by atoms with E-state index in [2.05, 4.69) is 35.3 Å². The first-order valence-corrected chi connectivity index (χ1v) is 10.2. The van der Waals surface area contributed by atoms with Crippen molar-refractivity contribution in [2.24, 2.45) is 0 Å². The molecule has 0 radical (unpaired) electrons. The molecule has 1 aliphatic carbocycles. The Morgan fingerprint density at radius 2 is 1.75 bits per heavy atom. The molecule has 28 heavy (non-hydrogen) atoms. The number of nitrogens with zero attached hydrogens (tertiary/aromatic N) is 3. The summed E-state index contributed by atoms with van der Waals surface area (Å²) >= 11 is 0. The molecule has 7 heteroatoms. The van der Waals surface area contributed by atoms with E-state index in [1.54, 1.807) is 4.90 Å². The van der Waals surface area contributed by atoms with Gasteiger partial charge in [0.15, 0.2) is 0 Å². The number of nitrogens with one attached hydrogen (secondary N) is 1. The maximum absolute atomic E-state index is 12.7. The monoisotopic (exact) mass is 384 g/mol. The van der Waals surface area contributed by atoms with Crippen LogP contribution in [0.15, 0.2) is 24.3 Å². The molecular formula is C21H28N4O3. The summed E-state index contributed by atoms with van der Waals surface area (Å²) in [5.41, 5.74) is 1.84. The van der Waals surface area contributed by atoms with Gasteiger partial charge in [-0.15, -0.1) is 0 Å². The van der Waals surface area contributed by atoms with Crippen molar-refractivity contribution in [3.8, 4) is 0 Å². The second-order valence-corrected chi connectivity index (χ2v) is 8.19. The molecule has 2 aliphatic heterocycles. The maximum atomic E-state index is 12.7.